The van der Waals surface area contributed by atoms with Crippen LogP contribution in [0.3, 0.4) is 0 Å². The Morgan fingerprint density at radius 3 is 1.48 bits per heavy atom. The van der Waals surface area contributed by atoms with Crippen LogP contribution >= 0.6 is 0 Å². The fourth-order valence-electron chi connectivity index (χ4n) is 2.46. The molecular formula is C18H23F2N2Si. The predicted octanol–water partition coefficient (Wildman–Crippen LogP) is 3.23. The second kappa shape index (κ2) is 7.59. The summed E-state index contributed by atoms with van der Waals surface area (Å²) in [6, 6.07) is 12.5. The summed E-state index contributed by atoms with van der Waals surface area (Å²) < 4.78 is 27.4. The van der Waals surface area contributed by atoms with Crippen molar-refractivity contribution in [3.8, 4) is 0 Å². The second-order valence-corrected chi connectivity index (χ2v) is 7.45. The molecule has 0 saturated carbocycles. The maximum absolute atomic E-state index is 13.7. The van der Waals surface area contributed by atoms with Gasteiger partial charge in [-0.25, -0.2) is 8.78 Å². The summed E-state index contributed by atoms with van der Waals surface area (Å²) in [5.41, 5.74) is 3.55. The number of hydrogen-bond acceptors (Lipinski definition) is 2. The number of anilines is 2. The molecule has 0 heterocycles. The zero-order valence-electron chi connectivity index (χ0n) is 14.1. The molecule has 2 rings (SSSR count). The summed E-state index contributed by atoms with van der Waals surface area (Å²) >= 11 is 0. The monoisotopic (exact) mass is 333 g/mol. The van der Waals surface area contributed by atoms with Gasteiger partial charge in [-0.2, -0.15) is 0 Å². The Labute approximate surface area is 139 Å². The van der Waals surface area contributed by atoms with Crippen molar-refractivity contribution >= 4 is 20.9 Å². The highest BCUT2D eigenvalue weighted by Crippen LogP contribution is 2.20. The van der Waals surface area contributed by atoms with Crippen molar-refractivity contribution in [1.29, 1.82) is 0 Å². The highest BCUT2D eigenvalue weighted by Gasteiger charge is 2.08. The smallest absolute Gasteiger partial charge is 0.146 e. The molecule has 0 fully saturated rings. The van der Waals surface area contributed by atoms with Crippen LogP contribution in [0.1, 0.15) is 11.1 Å². The zero-order valence-corrected chi connectivity index (χ0v) is 15.3. The molecule has 0 saturated heterocycles. The van der Waals surface area contributed by atoms with Crippen molar-refractivity contribution in [3.63, 3.8) is 0 Å². The largest absolute Gasteiger partial charge is 0.375 e. The van der Waals surface area contributed by atoms with Crippen LogP contribution in [0, 0.1) is 11.6 Å². The molecule has 2 aromatic rings. The molecule has 5 heteroatoms. The van der Waals surface area contributed by atoms with Crippen LogP contribution in [0.4, 0.5) is 20.2 Å². The van der Waals surface area contributed by atoms with E-state index in [1.807, 2.05) is 52.5 Å². The van der Waals surface area contributed by atoms with E-state index in [0.717, 1.165) is 23.2 Å². The summed E-state index contributed by atoms with van der Waals surface area (Å²) in [5, 5.41) is 0. The summed E-state index contributed by atoms with van der Waals surface area (Å²) in [6.07, 6.45) is 0. The van der Waals surface area contributed by atoms with E-state index in [0.29, 0.717) is 11.4 Å². The van der Waals surface area contributed by atoms with Crippen LogP contribution in [0.5, 0.6) is 0 Å². The van der Waals surface area contributed by atoms with E-state index in [-0.39, 0.29) is 21.2 Å². The van der Waals surface area contributed by atoms with E-state index in [1.54, 1.807) is 9.80 Å². The summed E-state index contributed by atoms with van der Waals surface area (Å²) in [7, 11) is 7.53. The maximum atomic E-state index is 13.7. The standard InChI is InChI=1S/C18H23F2N2Si/c1-21(2)17-9-13(5-7-15(17)19)11-23-12-14-6-8-16(20)18(10-14)22(3)4/h5-10,23H,11-12H2,1-4H3. The average molecular weight is 333 g/mol. The molecule has 0 aliphatic carbocycles. The fourth-order valence-corrected chi connectivity index (χ4v) is 3.78. The second-order valence-electron chi connectivity index (χ2n) is 6.06. The van der Waals surface area contributed by atoms with Crippen LogP contribution in [-0.4, -0.2) is 37.7 Å². The van der Waals surface area contributed by atoms with Gasteiger partial charge in [0.2, 0.25) is 0 Å². The predicted molar refractivity (Wildman–Crippen MR) is 96.0 cm³/mol. The first kappa shape index (κ1) is 17.5. The van der Waals surface area contributed by atoms with Crippen molar-refractivity contribution in [2.75, 3.05) is 38.0 Å². The van der Waals surface area contributed by atoms with Gasteiger partial charge in [0.15, 0.2) is 0 Å². The third-order valence-corrected chi connectivity index (χ3v) is 5.26. The van der Waals surface area contributed by atoms with Gasteiger partial charge in [-0.05, 0) is 47.5 Å². The first-order valence-corrected chi connectivity index (χ1v) is 9.25. The summed E-state index contributed by atoms with van der Waals surface area (Å²) in [5.74, 6) is -0.384. The molecule has 0 unspecified atom stereocenters. The van der Waals surface area contributed by atoms with Gasteiger partial charge in [0.1, 0.15) is 11.6 Å². The highest BCUT2D eigenvalue weighted by molar-refractivity contribution is 6.34. The highest BCUT2D eigenvalue weighted by atomic mass is 28.2. The van der Waals surface area contributed by atoms with Gasteiger partial charge < -0.3 is 9.80 Å². The molecule has 0 N–H and O–H groups in total. The minimum atomic E-state index is -0.192. The van der Waals surface area contributed by atoms with Crippen LogP contribution in [0.25, 0.3) is 0 Å². The van der Waals surface area contributed by atoms with Crippen molar-refractivity contribution in [2.45, 2.75) is 12.1 Å². The third kappa shape index (κ3) is 4.54. The molecule has 0 aromatic heterocycles. The van der Waals surface area contributed by atoms with E-state index in [4.69, 9.17) is 0 Å². The Hall–Kier alpha value is -1.88. The summed E-state index contributed by atoms with van der Waals surface area (Å²) in [6.45, 7) is 0. The van der Waals surface area contributed by atoms with Crippen LogP contribution < -0.4 is 9.80 Å². The topological polar surface area (TPSA) is 6.48 Å². The lowest BCUT2D eigenvalue weighted by atomic mass is 10.2. The van der Waals surface area contributed by atoms with Crippen LogP contribution in [-0.2, 0) is 12.1 Å². The fraction of sp³-hybridized carbons (Fsp3) is 0.333. The van der Waals surface area contributed by atoms with Gasteiger partial charge in [0.05, 0.1) is 11.4 Å². The van der Waals surface area contributed by atoms with Crippen molar-refractivity contribution in [3.05, 3.63) is 59.2 Å². The quantitative estimate of drug-likeness (QED) is 0.749. The number of hydrogen-bond donors (Lipinski definition) is 0. The minimum absolute atomic E-state index is 0.153. The van der Waals surface area contributed by atoms with Crippen LogP contribution in [0.15, 0.2) is 36.4 Å². The SMILES string of the molecule is CN(C)c1cc(C[SiH]Cc2ccc(F)c(N(C)C)c2)ccc1F. The molecule has 0 aliphatic rings. The average Bonchev–Trinajstić information content (AvgIpc) is 2.50. The molecule has 0 bridgehead atoms. The Bertz CT molecular complexity index is 615. The summed E-state index contributed by atoms with van der Waals surface area (Å²) in [4.78, 5) is 3.58. The van der Waals surface area contributed by atoms with Gasteiger partial charge in [0, 0.05) is 37.7 Å². The molecular weight excluding hydrogens is 310 g/mol. The van der Waals surface area contributed by atoms with Crippen molar-refractivity contribution < 1.29 is 8.78 Å². The number of rotatable bonds is 6. The minimum Gasteiger partial charge on any atom is -0.375 e. The molecule has 0 atom stereocenters. The Morgan fingerprint density at radius 1 is 0.739 bits per heavy atom. The molecule has 0 aliphatic heterocycles. The Balaban J connectivity index is 2.00. The molecule has 23 heavy (non-hydrogen) atoms. The third-order valence-electron chi connectivity index (χ3n) is 3.74. The first-order valence-electron chi connectivity index (χ1n) is 7.61. The molecule has 1 radical (unpaired) electrons. The van der Waals surface area contributed by atoms with E-state index >= 15 is 0 Å². The van der Waals surface area contributed by atoms with E-state index in [9.17, 15) is 8.78 Å². The van der Waals surface area contributed by atoms with Crippen molar-refractivity contribution in [1.82, 2.24) is 0 Å². The number of halogens is 2. The van der Waals surface area contributed by atoms with Gasteiger partial charge in [-0.15, -0.1) is 0 Å². The molecule has 0 spiro atoms. The normalized spacial score (nSPS) is 10.7. The lowest BCUT2D eigenvalue weighted by molar-refractivity contribution is 0.625. The molecule has 123 valence electrons. The van der Waals surface area contributed by atoms with Crippen LogP contribution in [0.2, 0.25) is 0 Å². The van der Waals surface area contributed by atoms with Gasteiger partial charge in [-0.1, -0.05) is 12.1 Å². The number of benzene rings is 2. The molecule has 0 amide bonds. The molecule has 2 nitrogen and oxygen atoms in total. The first-order chi connectivity index (χ1) is 10.9. The Morgan fingerprint density at radius 2 is 1.13 bits per heavy atom. The van der Waals surface area contributed by atoms with E-state index < -0.39 is 0 Å². The zero-order chi connectivity index (χ0) is 17.0. The van der Waals surface area contributed by atoms with Gasteiger partial charge in [-0.3, -0.25) is 0 Å². The maximum Gasteiger partial charge on any atom is 0.146 e. The lowest BCUT2D eigenvalue weighted by Crippen LogP contribution is -2.12. The Kier molecular flexibility index (Phi) is 5.77. The van der Waals surface area contributed by atoms with Crippen molar-refractivity contribution in [2.24, 2.45) is 0 Å². The van der Waals surface area contributed by atoms with E-state index in [1.165, 1.54) is 12.1 Å². The number of nitrogens with zero attached hydrogens (tertiary/aromatic N) is 2. The lowest BCUT2D eigenvalue weighted by Gasteiger charge is -2.15. The van der Waals surface area contributed by atoms with E-state index in [2.05, 4.69) is 0 Å². The molecule has 2 aromatic carbocycles. The van der Waals surface area contributed by atoms with Gasteiger partial charge >= 0.3 is 0 Å². The van der Waals surface area contributed by atoms with Gasteiger partial charge in [0.25, 0.3) is 0 Å².